The molecule has 0 bridgehead atoms. The number of aryl methyl sites for hydroxylation is 1. The summed E-state index contributed by atoms with van der Waals surface area (Å²) in [4.78, 5) is 37.1. The second kappa shape index (κ2) is 11.0. The molecule has 4 aromatic carbocycles. The lowest BCUT2D eigenvalue weighted by Crippen LogP contribution is -2.31. The van der Waals surface area contributed by atoms with Gasteiger partial charge in [-0.25, -0.2) is 0 Å². The highest BCUT2D eigenvalue weighted by Crippen LogP contribution is 2.40. The monoisotopic (exact) mass is 568 g/mol. The Balaban J connectivity index is 0.000000168. The topological polar surface area (TPSA) is 164 Å². The molecule has 0 spiro atoms. The molecular weight excluding hydrogens is 544 g/mol. The number of benzene rings is 4. The first-order valence-corrected chi connectivity index (χ1v) is 12.6. The summed E-state index contributed by atoms with van der Waals surface area (Å²) in [5.74, 6) is -2.96. The SMILES string of the molecule is COc1ccc(-c2coc3cc(O)cc(O)c3c2=O)cc1.Cc1ccc(C2C(=O)Oc3cc(O)cc(O)c3C2=O)cc1. The molecule has 6 rings (SSSR count). The van der Waals surface area contributed by atoms with Crippen molar-refractivity contribution in [3.05, 3.63) is 106 Å². The Morgan fingerprint density at radius 2 is 1.43 bits per heavy atom. The van der Waals surface area contributed by atoms with Crippen molar-refractivity contribution >= 4 is 22.7 Å². The first kappa shape index (κ1) is 27.8. The Bertz CT molecular complexity index is 1890. The van der Waals surface area contributed by atoms with E-state index >= 15 is 0 Å². The first-order chi connectivity index (χ1) is 20.1. The number of Topliss-reactive ketones (excluding diaryl/α,β-unsaturated/α-hetero) is 1. The van der Waals surface area contributed by atoms with Crippen molar-refractivity contribution in [2.75, 3.05) is 7.11 Å². The van der Waals surface area contributed by atoms with E-state index in [-0.39, 0.29) is 45.0 Å². The van der Waals surface area contributed by atoms with Crippen LogP contribution in [0.25, 0.3) is 22.1 Å². The maximum atomic E-state index is 12.5. The quantitative estimate of drug-likeness (QED) is 0.130. The van der Waals surface area contributed by atoms with Gasteiger partial charge in [-0.3, -0.25) is 14.4 Å². The van der Waals surface area contributed by atoms with Crippen LogP contribution in [-0.2, 0) is 4.79 Å². The number of ketones is 1. The Morgan fingerprint density at radius 3 is 2.10 bits per heavy atom. The third kappa shape index (κ3) is 5.20. The number of ether oxygens (including phenoxy) is 2. The number of aromatic hydroxyl groups is 4. The van der Waals surface area contributed by atoms with E-state index in [1.807, 2.05) is 6.92 Å². The molecule has 5 aromatic rings. The molecule has 1 aliphatic heterocycles. The van der Waals surface area contributed by atoms with Gasteiger partial charge in [0.1, 0.15) is 63.2 Å². The molecule has 42 heavy (non-hydrogen) atoms. The van der Waals surface area contributed by atoms with Crippen molar-refractivity contribution in [2.24, 2.45) is 0 Å². The van der Waals surface area contributed by atoms with Gasteiger partial charge in [0.15, 0.2) is 5.78 Å². The molecule has 0 aliphatic carbocycles. The van der Waals surface area contributed by atoms with E-state index in [4.69, 9.17) is 13.9 Å². The van der Waals surface area contributed by atoms with Crippen LogP contribution in [0.2, 0.25) is 0 Å². The minimum atomic E-state index is -1.10. The van der Waals surface area contributed by atoms with E-state index in [1.165, 1.54) is 12.3 Å². The standard InChI is InChI=1S/2C16H12O5/c1-20-11-4-2-9(3-5-11)12-8-21-14-7-10(17)6-13(18)15(14)16(12)19;1-8-2-4-9(5-3-8)13-15(19)14-11(18)6-10(17)7-12(14)21-16(13)20/h2-8,17-18H,1H3;2-7,13,17-18H,1H3. The number of rotatable bonds is 3. The second-order valence-electron chi connectivity index (χ2n) is 9.51. The van der Waals surface area contributed by atoms with Crippen LogP contribution in [0.5, 0.6) is 34.5 Å². The average molecular weight is 569 g/mol. The van der Waals surface area contributed by atoms with E-state index in [0.717, 1.165) is 23.8 Å². The van der Waals surface area contributed by atoms with Crippen LogP contribution in [0.3, 0.4) is 0 Å². The summed E-state index contributed by atoms with van der Waals surface area (Å²) in [6, 6.07) is 18.4. The van der Waals surface area contributed by atoms with Crippen LogP contribution in [0.1, 0.15) is 27.4 Å². The number of hydrogen-bond donors (Lipinski definition) is 4. The van der Waals surface area contributed by atoms with Gasteiger partial charge in [0, 0.05) is 24.3 Å². The van der Waals surface area contributed by atoms with Gasteiger partial charge in [-0.1, -0.05) is 42.0 Å². The summed E-state index contributed by atoms with van der Waals surface area (Å²) in [6.07, 6.45) is 1.31. The van der Waals surface area contributed by atoms with Gasteiger partial charge in [0.2, 0.25) is 5.43 Å². The molecule has 1 aromatic heterocycles. The van der Waals surface area contributed by atoms with Gasteiger partial charge in [0.25, 0.3) is 0 Å². The molecule has 212 valence electrons. The van der Waals surface area contributed by atoms with Crippen LogP contribution in [0.4, 0.5) is 0 Å². The van der Waals surface area contributed by atoms with Crippen molar-refractivity contribution in [1.29, 1.82) is 0 Å². The van der Waals surface area contributed by atoms with Crippen LogP contribution in [0.15, 0.2) is 88.3 Å². The summed E-state index contributed by atoms with van der Waals surface area (Å²) >= 11 is 0. The Hall–Kier alpha value is -5.77. The molecular formula is C32H24O10. The Morgan fingerprint density at radius 1 is 0.786 bits per heavy atom. The third-order valence-electron chi connectivity index (χ3n) is 6.67. The minimum absolute atomic E-state index is 0.0427. The lowest BCUT2D eigenvalue weighted by molar-refractivity contribution is -0.135. The largest absolute Gasteiger partial charge is 0.508 e. The van der Waals surface area contributed by atoms with Gasteiger partial charge in [-0.2, -0.15) is 0 Å². The molecule has 0 saturated carbocycles. The van der Waals surface area contributed by atoms with E-state index < -0.39 is 23.4 Å². The van der Waals surface area contributed by atoms with Crippen LogP contribution in [0, 0.1) is 6.92 Å². The van der Waals surface area contributed by atoms with Gasteiger partial charge in [0.05, 0.1) is 12.7 Å². The zero-order valence-electron chi connectivity index (χ0n) is 22.3. The van der Waals surface area contributed by atoms with Gasteiger partial charge in [-0.15, -0.1) is 0 Å². The number of phenolic OH excluding ortho intramolecular Hbond substituents is 4. The molecule has 0 amide bonds. The zero-order valence-corrected chi connectivity index (χ0v) is 22.3. The van der Waals surface area contributed by atoms with Gasteiger partial charge in [-0.05, 0) is 30.2 Å². The number of carbonyl (C=O) groups is 2. The smallest absolute Gasteiger partial charge is 0.326 e. The van der Waals surface area contributed by atoms with E-state index in [9.17, 15) is 34.8 Å². The van der Waals surface area contributed by atoms with E-state index in [0.29, 0.717) is 22.4 Å². The summed E-state index contributed by atoms with van der Waals surface area (Å²) < 4.78 is 15.5. The highest BCUT2D eigenvalue weighted by Gasteiger charge is 2.39. The third-order valence-corrected chi connectivity index (χ3v) is 6.67. The molecule has 1 unspecified atom stereocenters. The predicted molar refractivity (Wildman–Crippen MR) is 151 cm³/mol. The van der Waals surface area contributed by atoms with Gasteiger partial charge < -0.3 is 34.3 Å². The van der Waals surface area contributed by atoms with Crippen LogP contribution in [-0.4, -0.2) is 39.3 Å². The van der Waals surface area contributed by atoms with Crippen molar-refractivity contribution in [2.45, 2.75) is 12.8 Å². The molecule has 2 heterocycles. The molecule has 0 fully saturated rings. The molecule has 4 N–H and O–H groups in total. The average Bonchev–Trinajstić information content (AvgIpc) is 2.94. The van der Waals surface area contributed by atoms with Crippen molar-refractivity contribution in [3.8, 4) is 45.6 Å². The normalized spacial score (nSPS) is 14.0. The van der Waals surface area contributed by atoms with Crippen molar-refractivity contribution in [3.63, 3.8) is 0 Å². The number of phenols is 4. The Kier molecular flexibility index (Phi) is 7.28. The van der Waals surface area contributed by atoms with Gasteiger partial charge >= 0.3 is 5.97 Å². The molecule has 1 aliphatic rings. The van der Waals surface area contributed by atoms with E-state index in [1.54, 1.807) is 55.6 Å². The number of fused-ring (bicyclic) bond motifs is 2. The summed E-state index contributed by atoms with van der Waals surface area (Å²) in [5.41, 5.74) is 2.17. The van der Waals surface area contributed by atoms with Crippen molar-refractivity contribution in [1.82, 2.24) is 0 Å². The highest BCUT2D eigenvalue weighted by atomic mass is 16.5. The zero-order chi connectivity index (χ0) is 30.1. The fraction of sp³-hybridized carbons (Fsp3) is 0.0938. The first-order valence-electron chi connectivity index (χ1n) is 12.6. The van der Waals surface area contributed by atoms with Crippen LogP contribution >= 0.6 is 0 Å². The highest BCUT2D eigenvalue weighted by molar-refractivity contribution is 6.18. The lowest BCUT2D eigenvalue weighted by atomic mass is 9.87. The Labute approximate surface area is 238 Å². The molecule has 0 saturated heterocycles. The van der Waals surface area contributed by atoms with Crippen LogP contribution < -0.4 is 14.9 Å². The summed E-state index contributed by atoms with van der Waals surface area (Å²) in [5, 5.41) is 38.5. The predicted octanol–water partition coefficient (Wildman–Crippen LogP) is 5.17. The van der Waals surface area contributed by atoms with E-state index in [2.05, 4.69) is 0 Å². The number of methoxy groups -OCH3 is 1. The molecule has 1 atom stereocenters. The number of hydrogen-bond acceptors (Lipinski definition) is 10. The molecule has 0 radical (unpaired) electrons. The maximum Gasteiger partial charge on any atom is 0.326 e. The summed E-state index contributed by atoms with van der Waals surface area (Å²) in [6.45, 7) is 1.90. The fourth-order valence-electron chi connectivity index (χ4n) is 4.57. The minimum Gasteiger partial charge on any atom is -0.508 e. The fourth-order valence-corrected chi connectivity index (χ4v) is 4.57. The molecule has 10 heteroatoms. The maximum absolute atomic E-state index is 12.5. The number of esters is 1. The summed E-state index contributed by atoms with van der Waals surface area (Å²) in [7, 11) is 1.56. The molecule has 10 nitrogen and oxygen atoms in total. The van der Waals surface area contributed by atoms with Crippen molar-refractivity contribution < 1.29 is 43.9 Å². The number of carbonyl (C=O) groups excluding carboxylic acids is 2. The second-order valence-corrected chi connectivity index (χ2v) is 9.51. The lowest BCUT2D eigenvalue weighted by Gasteiger charge is -2.23.